The molecule has 0 aromatic rings. The molecule has 258 valence electrons. The Kier molecular flexibility index (Phi) is 41.5. The number of carbonyl (C=O) groups is 2. The molecule has 0 N–H and O–H groups in total. The zero-order valence-electron chi connectivity index (χ0n) is 28.2. The molecule has 0 spiro atoms. The third kappa shape index (κ3) is 42.9. The van der Waals surface area contributed by atoms with Crippen LogP contribution in [0.25, 0.3) is 0 Å². The van der Waals surface area contributed by atoms with E-state index in [1.807, 2.05) is 6.92 Å². The molecule has 43 heavy (non-hydrogen) atoms. The van der Waals surface area contributed by atoms with Gasteiger partial charge in [0.25, 0.3) is 0 Å². The average Bonchev–Trinajstić information content (AvgIpc) is 3.00. The molecule has 0 aliphatic carbocycles. The molecule has 0 unspecified atom stereocenters. The lowest BCUT2D eigenvalue weighted by Crippen LogP contribution is -2.11. The zero-order chi connectivity index (χ0) is 31.9. The molecule has 0 atom stereocenters. The van der Waals surface area contributed by atoms with Crippen molar-refractivity contribution in [3.05, 3.63) is 0 Å². The van der Waals surface area contributed by atoms with E-state index in [4.69, 9.17) is 37.9 Å². The molecule has 0 bridgehead atoms. The summed E-state index contributed by atoms with van der Waals surface area (Å²) in [6.45, 7) is 16.7. The quantitative estimate of drug-likeness (QED) is 0.0610. The van der Waals surface area contributed by atoms with Crippen LogP contribution in [0.4, 0.5) is 0 Å². The SMILES string of the molecule is CCCCCCOCCOCCOCCCC(=O)OCC.CCCCCCOCCOCCOCCCC(=O)OCCC. The summed E-state index contributed by atoms with van der Waals surface area (Å²) in [7, 11) is 0. The Labute approximate surface area is 263 Å². The molecule has 0 aromatic carbocycles. The second kappa shape index (κ2) is 40.7. The molecular formula is C33H66O10. The van der Waals surface area contributed by atoms with Crippen LogP contribution in [0, 0.1) is 0 Å². The Morgan fingerprint density at radius 3 is 1.05 bits per heavy atom. The second-order valence-electron chi connectivity index (χ2n) is 10.0. The fourth-order valence-electron chi connectivity index (χ4n) is 3.50. The number of ether oxygens (including phenoxy) is 8. The van der Waals surface area contributed by atoms with Gasteiger partial charge in [0.1, 0.15) is 0 Å². The van der Waals surface area contributed by atoms with Gasteiger partial charge in [0.2, 0.25) is 0 Å². The van der Waals surface area contributed by atoms with Gasteiger partial charge in [-0.2, -0.15) is 0 Å². The van der Waals surface area contributed by atoms with Crippen LogP contribution in [0.2, 0.25) is 0 Å². The molecule has 0 saturated heterocycles. The summed E-state index contributed by atoms with van der Waals surface area (Å²) in [6, 6.07) is 0. The van der Waals surface area contributed by atoms with E-state index in [0.717, 1.165) is 32.5 Å². The fraction of sp³-hybridized carbons (Fsp3) is 0.939. The highest BCUT2D eigenvalue weighted by molar-refractivity contribution is 5.69. The standard InChI is InChI=1S/C17H34O5.C16H32O5/c1-3-5-6-7-11-19-13-15-21-16-14-20-12-8-9-17(18)22-10-4-2;1-3-5-6-7-10-18-12-14-20-15-13-19-11-8-9-16(17)21-4-2/h3-16H2,1-2H3;3-15H2,1-2H3. The van der Waals surface area contributed by atoms with E-state index < -0.39 is 0 Å². The largest absolute Gasteiger partial charge is 0.466 e. The van der Waals surface area contributed by atoms with Gasteiger partial charge >= 0.3 is 11.9 Å². The lowest BCUT2D eigenvalue weighted by molar-refractivity contribution is -0.144. The van der Waals surface area contributed by atoms with Crippen molar-refractivity contribution in [2.24, 2.45) is 0 Å². The van der Waals surface area contributed by atoms with Crippen LogP contribution in [-0.4, -0.2) is 104 Å². The smallest absolute Gasteiger partial charge is 0.305 e. The summed E-state index contributed by atoms with van der Waals surface area (Å²) in [4.78, 5) is 22.2. The summed E-state index contributed by atoms with van der Waals surface area (Å²) in [5.41, 5.74) is 0. The first-order valence-corrected chi connectivity index (χ1v) is 16.9. The first-order valence-electron chi connectivity index (χ1n) is 16.9. The van der Waals surface area contributed by atoms with Gasteiger partial charge in [-0.1, -0.05) is 59.3 Å². The van der Waals surface area contributed by atoms with E-state index in [0.29, 0.717) is 105 Å². The van der Waals surface area contributed by atoms with E-state index in [1.165, 1.54) is 38.5 Å². The Morgan fingerprint density at radius 1 is 0.349 bits per heavy atom. The van der Waals surface area contributed by atoms with Crippen LogP contribution in [0.3, 0.4) is 0 Å². The fourth-order valence-corrected chi connectivity index (χ4v) is 3.50. The zero-order valence-corrected chi connectivity index (χ0v) is 28.2. The summed E-state index contributed by atoms with van der Waals surface area (Å²) in [5, 5.41) is 0. The first-order chi connectivity index (χ1) is 21.1. The van der Waals surface area contributed by atoms with Crippen molar-refractivity contribution in [3.8, 4) is 0 Å². The summed E-state index contributed by atoms with van der Waals surface area (Å²) in [6.07, 6.45) is 12.9. The molecule has 10 nitrogen and oxygen atoms in total. The molecule has 0 rings (SSSR count). The van der Waals surface area contributed by atoms with Crippen LogP contribution in [0.15, 0.2) is 0 Å². The Hall–Kier alpha value is -1.30. The van der Waals surface area contributed by atoms with E-state index in [-0.39, 0.29) is 11.9 Å². The van der Waals surface area contributed by atoms with Crippen molar-refractivity contribution in [1.29, 1.82) is 0 Å². The van der Waals surface area contributed by atoms with Crippen LogP contribution in [-0.2, 0) is 47.5 Å². The van der Waals surface area contributed by atoms with Gasteiger partial charge < -0.3 is 37.9 Å². The third-order valence-electron chi connectivity index (χ3n) is 5.88. The Morgan fingerprint density at radius 2 is 0.698 bits per heavy atom. The predicted octanol–water partition coefficient (Wildman–Crippen LogP) is 6.31. The number of rotatable bonds is 33. The minimum atomic E-state index is -0.159. The van der Waals surface area contributed by atoms with Gasteiger partial charge in [0, 0.05) is 39.3 Å². The summed E-state index contributed by atoms with van der Waals surface area (Å²) >= 11 is 0. The van der Waals surface area contributed by atoms with Crippen molar-refractivity contribution < 1.29 is 47.5 Å². The molecule has 0 aromatic heterocycles. The maximum absolute atomic E-state index is 11.2. The maximum atomic E-state index is 11.2. The molecule has 0 aliphatic rings. The van der Waals surface area contributed by atoms with E-state index in [9.17, 15) is 9.59 Å². The minimum absolute atomic E-state index is 0.141. The monoisotopic (exact) mass is 622 g/mol. The van der Waals surface area contributed by atoms with Crippen molar-refractivity contribution in [2.45, 2.75) is 111 Å². The van der Waals surface area contributed by atoms with Crippen LogP contribution < -0.4 is 0 Å². The topological polar surface area (TPSA) is 108 Å². The third-order valence-corrected chi connectivity index (χ3v) is 5.88. The molecule has 0 heterocycles. The van der Waals surface area contributed by atoms with Crippen LogP contribution >= 0.6 is 0 Å². The normalized spacial score (nSPS) is 10.8. The molecule has 0 radical (unpaired) electrons. The maximum Gasteiger partial charge on any atom is 0.305 e. The van der Waals surface area contributed by atoms with Crippen LogP contribution in [0.5, 0.6) is 0 Å². The number of hydrogen-bond acceptors (Lipinski definition) is 10. The molecule has 10 heteroatoms. The lowest BCUT2D eigenvalue weighted by Gasteiger charge is -2.07. The van der Waals surface area contributed by atoms with E-state index >= 15 is 0 Å². The highest BCUT2D eigenvalue weighted by Crippen LogP contribution is 2.00. The van der Waals surface area contributed by atoms with Gasteiger partial charge in [0.05, 0.1) is 66.1 Å². The van der Waals surface area contributed by atoms with Gasteiger partial charge in [-0.15, -0.1) is 0 Å². The van der Waals surface area contributed by atoms with Crippen molar-refractivity contribution >= 4 is 11.9 Å². The van der Waals surface area contributed by atoms with Gasteiger partial charge in [-0.25, -0.2) is 0 Å². The first kappa shape index (κ1) is 43.8. The Balaban J connectivity index is 0. The molecule has 0 aliphatic heterocycles. The second-order valence-corrected chi connectivity index (χ2v) is 10.0. The van der Waals surface area contributed by atoms with Gasteiger partial charge in [0.15, 0.2) is 0 Å². The number of esters is 2. The lowest BCUT2D eigenvalue weighted by atomic mass is 10.2. The molecule has 0 saturated carbocycles. The average molecular weight is 623 g/mol. The minimum Gasteiger partial charge on any atom is -0.466 e. The van der Waals surface area contributed by atoms with E-state index in [2.05, 4.69) is 13.8 Å². The summed E-state index contributed by atoms with van der Waals surface area (Å²) in [5.74, 6) is -0.300. The highest BCUT2D eigenvalue weighted by atomic mass is 16.6. The van der Waals surface area contributed by atoms with Gasteiger partial charge in [-0.05, 0) is 39.0 Å². The summed E-state index contributed by atoms with van der Waals surface area (Å²) < 4.78 is 42.3. The number of carbonyl (C=O) groups excluding carboxylic acids is 2. The Bertz CT molecular complexity index is 548. The predicted molar refractivity (Wildman–Crippen MR) is 170 cm³/mol. The molecule has 0 amide bonds. The van der Waals surface area contributed by atoms with E-state index in [1.54, 1.807) is 6.92 Å². The molecular weight excluding hydrogens is 556 g/mol. The van der Waals surface area contributed by atoms with Gasteiger partial charge in [-0.3, -0.25) is 9.59 Å². The highest BCUT2D eigenvalue weighted by Gasteiger charge is 2.02. The number of hydrogen-bond donors (Lipinski definition) is 0. The number of unbranched alkanes of at least 4 members (excludes halogenated alkanes) is 6. The van der Waals surface area contributed by atoms with Crippen molar-refractivity contribution in [1.82, 2.24) is 0 Å². The van der Waals surface area contributed by atoms with Crippen LogP contribution in [0.1, 0.15) is 111 Å². The van der Waals surface area contributed by atoms with Crippen molar-refractivity contribution in [3.63, 3.8) is 0 Å². The van der Waals surface area contributed by atoms with Crippen molar-refractivity contribution in [2.75, 3.05) is 92.5 Å². The molecule has 0 fully saturated rings.